The Morgan fingerprint density at radius 2 is 1.75 bits per heavy atom. The largest absolute Gasteiger partial charge is 0.357 e. The molecule has 0 spiro atoms. The number of hydrogen-bond acceptors (Lipinski definition) is 4. The van der Waals surface area contributed by atoms with Crippen molar-refractivity contribution in [2.75, 3.05) is 13.2 Å². The van der Waals surface area contributed by atoms with E-state index in [1.54, 1.807) is 13.8 Å². The van der Waals surface area contributed by atoms with E-state index in [-0.39, 0.29) is 23.5 Å². The van der Waals surface area contributed by atoms with Crippen molar-refractivity contribution in [2.24, 2.45) is 0 Å². The van der Waals surface area contributed by atoms with Gasteiger partial charge in [0.05, 0.1) is 0 Å². The summed E-state index contributed by atoms with van der Waals surface area (Å²) in [7, 11) is -0.925. The summed E-state index contributed by atoms with van der Waals surface area (Å²) in [4.78, 5) is 25.7. The zero-order valence-corrected chi connectivity index (χ0v) is 14.5. The third-order valence-electron chi connectivity index (χ3n) is 3.40. The van der Waals surface area contributed by atoms with E-state index in [4.69, 9.17) is 9.47 Å². The number of nitrogens with zero attached hydrogens (tertiary/aromatic N) is 1. The summed E-state index contributed by atoms with van der Waals surface area (Å²) in [5, 5.41) is 2.72. The molecule has 0 radical (unpaired) electrons. The van der Waals surface area contributed by atoms with Gasteiger partial charge < -0.3 is 14.8 Å². The summed E-state index contributed by atoms with van der Waals surface area (Å²) in [6, 6.07) is -0.300. The molecule has 116 valence electrons. The summed E-state index contributed by atoms with van der Waals surface area (Å²) in [5.41, 5.74) is -0.890. The lowest BCUT2D eigenvalue weighted by atomic mass is 10.1. The van der Waals surface area contributed by atoms with Crippen molar-refractivity contribution in [3.8, 4) is 0 Å². The maximum atomic E-state index is 12.3. The smallest absolute Gasteiger partial charge is 0.324 e. The van der Waals surface area contributed by atoms with Gasteiger partial charge in [-0.3, -0.25) is 9.69 Å². The number of hydrogen-bond donors (Lipinski definition) is 1. The molecule has 0 saturated carbocycles. The number of carbonyl (C=O) groups excluding carboxylic acids is 2. The second kappa shape index (κ2) is 7.19. The van der Waals surface area contributed by atoms with Crippen LogP contribution in [0.2, 0.25) is 0 Å². The van der Waals surface area contributed by atoms with Gasteiger partial charge in [-0.2, -0.15) is 0 Å². The highest BCUT2D eigenvalue weighted by Crippen LogP contribution is 2.21. The Hall–Kier alpha value is -0.923. The molecular weight excluding hydrogens is 276 g/mol. The van der Waals surface area contributed by atoms with E-state index in [0.29, 0.717) is 13.2 Å². The van der Waals surface area contributed by atoms with E-state index in [2.05, 4.69) is 5.32 Å². The molecule has 20 heavy (non-hydrogen) atoms. The maximum absolute atomic E-state index is 12.3. The lowest BCUT2D eigenvalue weighted by Crippen LogP contribution is -2.49. The molecule has 0 aromatic rings. The topological polar surface area (TPSA) is 67.9 Å². The molecule has 0 bridgehead atoms. The SMILES string of the molecule is CCOC(OCC)[SiH2]C(CC)N1C(=O)NC(C)(C)C1=O. The molecule has 1 aliphatic heterocycles. The van der Waals surface area contributed by atoms with Crippen LogP contribution in [-0.4, -0.2) is 56.7 Å². The van der Waals surface area contributed by atoms with Crippen molar-refractivity contribution >= 4 is 21.5 Å². The fraction of sp³-hybridized carbons (Fsp3) is 0.846. The second-order valence-electron chi connectivity index (χ2n) is 5.37. The van der Waals surface area contributed by atoms with Crippen molar-refractivity contribution in [1.82, 2.24) is 10.2 Å². The van der Waals surface area contributed by atoms with Crippen LogP contribution in [0.5, 0.6) is 0 Å². The van der Waals surface area contributed by atoms with E-state index in [1.165, 1.54) is 4.90 Å². The van der Waals surface area contributed by atoms with Gasteiger partial charge in [0, 0.05) is 18.9 Å². The predicted octanol–water partition coefficient (Wildman–Crippen LogP) is 0.578. The molecule has 3 amide bonds. The van der Waals surface area contributed by atoms with E-state index in [1.807, 2.05) is 20.8 Å². The van der Waals surface area contributed by atoms with Crippen LogP contribution in [0.15, 0.2) is 0 Å². The highest BCUT2D eigenvalue weighted by molar-refractivity contribution is 6.40. The predicted molar refractivity (Wildman–Crippen MR) is 79.1 cm³/mol. The maximum Gasteiger partial charge on any atom is 0.324 e. The molecule has 1 saturated heterocycles. The third kappa shape index (κ3) is 3.80. The van der Waals surface area contributed by atoms with Crippen LogP contribution >= 0.6 is 0 Å². The molecule has 1 atom stereocenters. The summed E-state index contributed by atoms with van der Waals surface area (Å²) in [5.74, 6) is -0.409. The van der Waals surface area contributed by atoms with Crippen LogP contribution < -0.4 is 5.32 Å². The minimum Gasteiger partial charge on any atom is -0.357 e. The number of urea groups is 1. The van der Waals surface area contributed by atoms with Crippen molar-refractivity contribution in [3.63, 3.8) is 0 Å². The first-order chi connectivity index (χ1) is 9.37. The molecule has 1 fully saturated rings. The molecule has 1 unspecified atom stereocenters. The Morgan fingerprint density at radius 3 is 2.10 bits per heavy atom. The highest BCUT2D eigenvalue weighted by Gasteiger charge is 2.47. The Labute approximate surface area is 123 Å². The molecule has 1 N–H and O–H groups in total. The van der Waals surface area contributed by atoms with Gasteiger partial charge in [0.1, 0.15) is 21.0 Å². The highest BCUT2D eigenvalue weighted by atomic mass is 28.2. The third-order valence-corrected chi connectivity index (χ3v) is 5.74. The number of rotatable bonds is 8. The molecule has 0 aromatic heterocycles. The second-order valence-corrected chi connectivity index (χ2v) is 7.45. The van der Waals surface area contributed by atoms with Crippen molar-refractivity contribution in [1.29, 1.82) is 0 Å². The van der Waals surface area contributed by atoms with Crippen LogP contribution in [0, 0.1) is 0 Å². The van der Waals surface area contributed by atoms with Gasteiger partial charge >= 0.3 is 6.03 Å². The van der Waals surface area contributed by atoms with Crippen LogP contribution in [-0.2, 0) is 14.3 Å². The summed E-state index contributed by atoms with van der Waals surface area (Å²) in [6.07, 6.45) is 0.734. The first-order valence-corrected chi connectivity index (χ1v) is 8.89. The average Bonchev–Trinajstić information content (AvgIpc) is 2.56. The van der Waals surface area contributed by atoms with E-state index >= 15 is 0 Å². The summed E-state index contributed by atoms with van der Waals surface area (Å²) in [6.45, 7) is 10.4. The van der Waals surface area contributed by atoms with Gasteiger partial charge in [-0.15, -0.1) is 0 Å². The van der Waals surface area contributed by atoms with Crippen LogP contribution in [0.3, 0.4) is 0 Å². The lowest BCUT2D eigenvalue weighted by molar-refractivity contribution is -0.131. The fourth-order valence-corrected chi connectivity index (χ4v) is 4.40. The van der Waals surface area contributed by atoms with Gasteiger partial charge in [-0.1, -0.05) is 6.92 Å². The Morgan fingerprint density at radius 1 is 1.20 bits per heavy atom. The zero-order valence-electron chi connectivity index (χ0n) is 13.1. The monoisotopic (exact) mass is 302 g/mol. The molecule has 0 aromatic carbocycles. The standard InChI is InChI=1S/C13H26N2O4Si/c1-6-9(20-12(18-7-2)19-8-3)15-10(16)13(4,5)14-11(15)17/h9,12H,6-8,20H2,1-5H3,(H,14,17). The number of carbonyl (C=O) groups is 2. The van der Waals surface area contributed by atoms with Crippen LogP contribution in [0.4, 0.5) is 4.79 Å². The first kappa shape index (κ1) is 17.1. The van der Waals surface area contributed by atoms with E-state index < -0.39 is 15.1 Å². The van der Waals surface area contributed by atoms with Gasteiger partial charge in [0.15, 0.2) is 0 Å². The lowest BCUT2D eigenvalue weighted by Gasteiger charge is -2.28. The minimum atomic E-state index is -0.925. The van der Waals surface area contributed by atoms with Crippen molar-refractivity contribution in [3.05, 3.63) is 0 Å². The fourth-order valence-electron chi connectivity index (χ4n) is 2.34. The van der Waals surface area contributed by atoms with Crippen LogP contribution in [0.1, 0.15) is 41.0 Å². The number of ether oxygens (including phenoxy) is 2. The number of amides is 3. The number of nitrogens with one attached hydrogen (secondary N) is 1. The van der Waals surface area contributed by atoms with Gasteiger partial charge in [0.2, 0.25) is 0 Å². The van der Waals surface area contributed by atoms with Gasteiger partial charge in [-0.25, -0.2) is 4.79 Å². The molecule has 1 rings (SSSR count). The molecule has 1 heterocycles. The molecule has 1 aliphatic rings. The Kier molecular flexibility index (Phi) is 6.16. The first-order valence-electron chi connectivity index (χ1n) is 7.26. The van der Waals surface area contributed by atoms with Crippen LogP contribution in [0.25, 0.3) is 0 Å². The molecule has 7 heteroatoms. The Balaban J connectivity index is 2.79. The minimum absolute atomic E-state index is 0.0765. The normalized spacial score (nSPS) is 20.2. The quantitative estimate of drug-likeness (QED) is 0.404. The van der Waals surface area contributed by atoms with Crippen molar-refractivity contribution in [2.45, 2.75) is 58.2 Å². The molecular formula is C13H26N2O4Si. The Bertz CT molecular complexity index is 356. The average molecular weight is 302 g/mol. The summed E-state index contributed by atoms with van der Waals surface area (Å²) >= 11 is 0. The molecule has 0 aliphatic carbocycles. The molecule has 6 nitrogen and oxygen atoms in total. The van der Waals surface area contributed by atoms with E-state index in [9.17, 15) is 9.59 Å². The summed E-state index contributed by atoms with van der Waals surface area (Å²) < 4.78 is 11.1. The van der Waals surface area contributed by atoms with Crippen molar-refractivity contribution < 1.29 is 19.1 Å². The number of imide groups is 1. The zero-order chi connectivity index (χ0) is 15.3. The van der Waals surface area contributed by atoms with Gasteiger partial charge in [0.25, 0.3) is 5.91 Å². The van der Waals surface area contributed by atoms with E-state index in [0.717, 1.165) is 6.42 Å². The van der Waals surface area contributed by atoms with Gasteiger partial charge in [-0.05, 0) is 34.1 Å².